The Morgan fingerprint density at radius 2 is 1.94 bits per heavy atom. The van der Waals surface area contributed by atoms with Gasteiger partial charge in [-0.05, 0) is 19.9 Å². The Kier molecular flexibility index (Phi) is 13.3. The molecular weight excluding hydrogens is 281 g/mol. The quantitative estimate of drug-likeness (QED) is 0.782. The van der Waals surface area contributed by atoms with Crippen LogP contribution in [0.3, 0.4) is 0 Å². The van der Waals surface area contributed by atoms with Gasteiger partial charge in [-0.25, -0.2) is 0 Å². The predicted molar refractivity (Wildman–Crippen MR) is 80.3 cm³/mol. The number of nitrogens with two attached hydrogens (primary N) is 2. The van der Waals surface area contributed by atoms with Gasteiger partial charge in [-0.1, -0.05) is 11.8 Å². The van der Waals surface area contributed by atoms with E-state index in [1.54, 1.807) is 6.20 Å². The Bertz CT molecular complexity index is 383. The van der Waals surface area contributed by atoms with E-state index >= 15 is 0 Å². The van der Waals surface area contributed by atoms with Crippen LogP contribution in [0.5, 0.6) is 0 Å². The number of pyridine rings is 1. The number of aryl methyl sites for hydroxylation is 1. The van der Waals surface area contributed by atoms with Crippen LogP contribution in [-0.4, -0.2) is 11.0 Å². The average Bonchev–Trinajstić information content (AvgIpc) is 2.10. The summed E-state index contributed by atoms with van der Waals surface area (Å²) in [5.41, 5.74) is 13.6. The highest BCUT2D eigenvalue weighted by molar-refractivity contribution is 5.86. The Morgan fingerprint density at radius 1 is 1.35 bits per heavy atom. The zero-order valence-corrected chi connectivity index (χ0v) is 12.2. The maximum absolute atomic E-state index is 5.70. The Hall–Kier alpha value is -0.660. The summed E-state index contributed by atoms with van der Waals surface area (Å²) in [4.78, 5) is 4.12. The molecule has 0 saturated heterocycles. The van der Waals surface area contributed by atoms with Gasteiger partial charge in [0, 0.05) is 24.2 Å². The Morgan fingerprint density at radius 3 is 2.41 bits per heavy atom. The number of hydrogen-bond acceptors (Lipinski definition) is 3. The molecule has 3 nitrogen and oxygen atoms in total. The first kappa shape index (κ1) is 21.6. The molecule has 0 aliphatic rings. The standard InChI is InChI=1S/C11H15N3.3ClH/c1-8(12)4-3-5-10-6-11(13)9(2)14-7-10;;;/h6-8H,4,12-13H2,1-2H3;3*1H/t8-;;;/m0.../s1. The molecule has 17 heavy (non-hydrogen) atoms. The number of halogens is 3. The first-order chi connectivity index (χ1) is 6.59. The topological polar surface area (TPSA) is 64.9 Å². The van der Waals surface area contributed by atoms with Crippen molar-refractivity contribution in [1.82, 2.24) is 4.98 Å². The van der Waals surface area contributed by atoms with Crippen LogP contribution in [0.1, 0.15) is 24.6 Å². The van der Waals surface area contributed by atoms with E-state index in [9.17, 15) is 0 Å². The third-order valence-electron chi connectivity index (χ3n) is 1.78. The van der Waals surface area contributed by atoms with Crippen LogP contribution < -0.4 is 11.5 Å². The molecule has 4 N–H and O–H groups in total. The van der Waals surface area contributed by atoms with Crippen molar-refractivity contribution in [3.8, 4) is 11.8 Å². The third kappa shape index (κ3) is 8.12. The van der Waals surface area contributed by atoms with Crippen LogP contribution in [0.2, 0.25) is 0 Å². The summed E-state index contributed by atoms with van der Waals surface area (Å²) < 4.78 is 0. The van der Waals surface area contributed by atoms with Gasteiger partial charge in [0.15, 0.2) is 0 Å². The fourth-order valence-corrected chi connectivity index (χ4v) is 0.933. The lowest BCUT2D eigenvalue weighted by Crippen LogP contribution is -2.12. The van der Waals surface area contributed by atoms with Gasteiger partial charge >= 0.3 is 0 Å². The van der Waals surface area contributed by atoms with E-state index in [0.717, 1.165) is 11.3 Å². The number of nitrogens with zero attached hydrogens (tertiary/aromatic N) is 1. The molecule has 1 rings (SSSR count). The van der Waals surface area contributed by atoms with Gasteiger partial charge < -0.3 is 11.5 Å². The lowest BCUT2D eigenvalue weighted by Gasteiger charge is -1.98. The molecule has 0 aliphatic carbocycles. The van der Waals surface area contributed by atoms with Crippen molar-refractivity contribution >= 4 is 42.9 Å². The summed E-state index contributed by atoms with van der Waals surface area (Å²) in [6.07, 6.45) is 2.41. The molecule has 0 saturated carbocycles. The summed E-state index contributed by atoms with van der Waals surface area (Å²) in [5, 5.41) is 0. The lowest BCUT2D eigenvalue weighted by molar-refractivity contribution is 0.771. The van der Waals surface area contributed by atoms with Gasteiger partial charge in [-0.15, -0.1) is 37.2 Å². The lowest BCUT2D eigenvalue weighted by atomic mass is 10.2. The molecule has 1 heterocycles. The van der Waals surface area contributed by atoms with Crippen molar-refractivity contribution in [3.63, 3.8) is 0 Å². The first-order valence-electron chi connectivity index (χ1n) is 4.56. The van der Waals surface area contributed by atoms with Gasteiger partial charge in [0.05, 0.1) is 11.4 Å². The molecule has 6 heteroatoms. The van der Waals surface area contributed by atoms with Crippen LogP contribution >= 0.6 is 37.2 Å². The van der Waals surface area contributed by atoms with Crippen molar-refractivity contribution < 1.29 is 0 Å². The van der Waals surface area contributed by atoms with Gasteiger partial charge in [-0.3, -0.25) is 4.98 Å². The molecule has 1 aromatic heterocycles. The molecule has 0 unspecified atom stereocenters. The number of hydrogen-bond donors (Lipinski definition) is 2. The molecule has 0 amide bonds. The van der Waals surface area contributed by atoms with Crippen LogP contribution in [0.4, 0.5) is 5.69 Å². The third-order valence-corrected chi connectivity index (χ3v) is 1.78. The minimum Gasteiger partial charge on any atom is -0.397 e. The minimum atomic E-state index is 0. The highest BCUT2D eigenvalue weighted by Gasteiger charge is 1.94. The molecule has 1 aromatic rings. The monoisotopic (exact) mass is 297 g/mol. The second kappa shape index (κ2) is 10.5. The maximum atomic E-state index is 5.70. The predicted octanol–water partition coefficient (Wildman–Crippen LogP) is 2.33. The zero-order valence-electron chi connectivity index (χ0n) is 9.77. The van der Waals surface area contributed by atoms with Gasteiger partial charge in [-0.2, -0.15) is 0 Å². The summed E-state index contributed by atoms with van der Waals surface area (Å²) >= 11 is 0. The van der Waals surface area contributed by atoms with E-state index in [4.69, 9.17) is 11.5 Å². The van der Waals surface area contributed by atoms with Gasteiger partial charge in [0.25, 0.3) is 0 Å². The van der Waals surface area contributed by atoms with E-state index in [2.05, 4.69) is 16.8 Å². The molecule has 1 atom stereocenters. The van der Waals surface area contributed by atoms with Gasteiger partial charge in [0.2, 0.25) is 0 Å². The van der Waals surface area contributed by atoms with Crippen LogP contribution in [0, 0.1) is 18.8 Å². The van der Waals surface area contributed by atoms with Crippen LogP contribution in [0.15, 0.2) is 12.3 Å². The molecule has 0 radical (unpaired) electrons. The molecule has 98 valence electrons. The van der Waals surface area contributed by atoms with Gasteiger partial charge in [0.1, 0.15) is 0 Å². The molecule has 0 bridgehead atoms. The number of anilines is 1. The zero-order chi connectivity index (χ0) is 10.6. The fraction of sp³-hybridized carbons (Fsp3) is 0.364. The number of nitrogen functional groups attached to an aromatic ring is 1. The van der Waals surface area contributed by atoms with Crippen molar-refractivity contribution in [1.29, 1.82) is 0 Å². The minimum absolute atomic E-state index is 0. The highest BCUT2D eigenvalue weighted by Crippen LogP contribution is 2.08. The molecule has 0 spiro atoms. The highest BCUT2D eigenvalue weighted by atomic mass is 35.5. The molecule has 0 aliphatic heterocycles. The summed E-state index contributed by atoms with van der Waals surface area (Å²) in [6, 6.07) is 1.94. The number of aromatic nitrogens is 1. The molecule has 0 aromatic carbocycles. The largest absolute Gasteiger partial charge is 0.397 e. The van der Waals surface area contributed by atoms with E-state index in [0.29, 0.717) is 12.1 Å². The van der Waals surface area contributed by atoms with Crippen molar-refractivity contribution in [2.75, 3.05) is 5.73 Å². The van der Waals surface area contributed by atoms with E-state index in [1.165, 1.54) is 0 Å². The van der Waals surface area contributed by atoms with Crippen molar-refractivity contribution in [2.45, 2.75) is 26.3 Å². The van der Waals surface area contributed by atoms with Crippen molar-refractivity contribution in [3.05, 3.63) is 23.5 Å². The number of rotatable bonds is 1. The van der Waals surface area contributed by atoms with E-state index in [1.807, 2.05) is 19.9 Å². The summed E-state index contributed by atoms with van der Waals surface area (Å²) in [7, 11) is 0. The Labute approximate surface area is 121 Å². The SMILES string of the molecule is Cc1ncc(C#CC[C@H](C)N)cc1N.Cl.Cl.Cl. The maximum Gasteiger partial charge on any atom is 0.0602 e. The van der Waals surface area contributed by atoms with E-state index in [-0.39, 0.29) is 43.3 Å². The van der Waals surface area contributed by atoms with Crippen molar-refractivity contribution in [2.24, 2.45) is 5.73 Å². The summed E-state index contributed by atoms with van der Waals surface area (Å²) in [6.45, 7) is 3.80. The Balaban J connectivity index is -0.000000653. The second-order valence-corrected chi connectivity index (χ2v) is 3.38. The summed E-state index contributed by atoms with van der Waals surface area (Å²) in [5.74, 6) is 5.95. The second-order valence-electron chi connectivity index (χ2n) is 3.38. The average molecular weight is 299 g/mol. The smallest absolute Gasteiger partial charge is 0.0602 e. The normalized spacial score (nSPS) is 9.59. The van der Waals surface area contributed by atoms with E-state index < -0.39 is 0 Å². The molecule has 0 fully saturated rings. The van der Waals surface area contributed by atoms with Crippen LogP contribution in [0.25, 0.3) is 0 Å². The van der Waals surface area contributed by atoms with Crippen LogP contribution in [-0.2, 0) is 0 Å². The fourth-order valence-electron chi connectivity index (χ4n) is 0.933. The first-order valence-corrected chi connectivity index (χ1v) is 4.56. The molecular formula is C11H18Cl3N3.